The zero-order valence-electron chi connectivity index (χ0n) is 26.7. The molecule has 3 heterocycles. The Bertz CT molecular complexity index is 1850. The molecule has 3 aliphatic heterocycles. The summed E-state index contributed by atoms with van der Waals surface area (Å²) in [5.74, 6) is 5.30. The third kappa shape index (κ3) is 6.15. The highest BCUT2D eigenvalue weighted by Crippen LogP contribution is 2.39. The van der Waals surface area contributed by atoms with Gasteiger partial charge in [0.15, 0.2) is 0 Å². The Labute approximate surface area is 299 Å². The SMILES string of the molecule is O[Si]12c3ccccc3CSCc3ccccc3P(c3ccccc3CSCc3ccccc31)c1ccccc1CSCc1ccccc12. The second-order valence-electron chi connectivity index (χ2n) is 12.4. The summed E-state index contributed by atoms with van der Waals surface area (Å²) in [6.07, 6.45) is 0. The van der Waals surface area contributed by atoms with Crippen molar-refractivity contribution in [1.29, 1.82) is 0 Å². The van der Waals surface area contributed by atoms with Gasteiger partial charge in [-0.25, -0.2) is 0 Å². The lowest BCUT2D eigenvalue weighted by atomic mass is 10.2. The molecular formula is C42H37OPS3Si. The Hall–Kier alpha value is -3.02. The predicted octanol–water partition coefficient (Wildman–Crippen LogP) is 7.33. The van der Waals surface area contributed by atoms with Gasteiger partial charge in [-0.2, -0.15) is 35.3 Å². The van der Waals surface area contributed by atoms with Crippen LogP contribution in [0, 0.1) is 0 Å². The van der Waals surface area contributed by atoms with Gasteiger partial charge in [-0.05, 0) is 72.8 Å². The van der Waals surface area contributed by atoms with Gasteiger partial charge in [-0.15, -0.1) is 0 Å². The number of thioether (sulfide) groups is 3. The van der Waals surface area contributed by atoms with Gasteiger partial charge in [0.25, 0.3) is 8.32 Å². The van der Waals surface area contributed by atoms with Crippen LogP contribution in [0.1, 0.15) is 33.4 Å². The number of rotatable bonds is 0. The number of benzene rings is 6. The Balaban J connectivity index is 1.43. The Kier molecular flexibility index (Phi) is 9.69. The lowest BCUT2D eigenvalue weighted by molar-refractivity contribution is 0.582. The second-order valence-corrected chi connectivity index (χ2v) is 20.5. The van der Waals surface area contributed by atoms with Crippen LogP contribution in [0.15, 0.2) is 146 Å². The first-order valence-electron chi connectivity index (χ1n) is 16.5. The van der Waals surface area contributed by atoms with E-state index in [-0.39, 0.29) is 0 Å². The molecule has 0 saturated heterocycles. The molecule has 2 bridgehead atoms. The molecule has 1 nitrogen and oxygen atoms in total. The van der Waals surface area contributed by atoms with Crippen LogP contribution < -0.4 is 31.5 Å². The second kappa shape index (κ2) is 14.4. The van der Waals surface area contributed by atoms with Crippen LogP contribution in [0.25, 0.3) is 0 Å². The molecule has 0 aliphatic carbocycles. The molecule has 6 aromatic carbocycles. The molecular weight excluding hydrogens is 676 g/mol. The van der Waals surface area contributed by atoms with E-state index in [9.17, 15) is 4.80 Å². The van der Waals surface area contributed by atoms with E-state index in [0.29, 0.717) is 0 Å². The van der Waals surface area contributed by atoms with Crippen molar-refractivity contribution >= 4 is 83.0 Å². The molecule has 0 unspecified atom stereocenters. The summed E-state index contributed by atoms with van der Waals surface area (Å²) in [6.45, 7) is 0. The van der Waals surface area contributed by atoms with Crippen LogP contribution in [-0.2, 0) is 34.5 Å². The highest BCUT2D eigenvalue weighted by molar-refractivity contribution is 7.98. The molecule has 6 aromatic rings. The molecule has 48 heavy (non-hydrogen) atoms. The van der Waals surface area contributed by atoms with E-state index >= 15 is 0 Å². The smallest absolute Gasteiger partial charge is 0.286 e. The van der Waals surface area contributed by atoms with E-state index in [2.05, 4.69) is 146 Å². The van der Waals surface area contributed by atoms with Crippen LogP contribution in [0.3, 0.4) is 0 Å². The fraction of sp³-hybridized carbons (Fsp3) is 0.143. The predicted molar refractivity (Wildman–Crippen MR) is 216 cm³/mol. The maximum absolute atomic E-state index is 13.7. The van der Waals surface area contributed by atoms with Crippen molar-refractivity contribution in [1.82, 2.24) is 0 Å². The minimum Gasteiger partial charge on any atom is -0.421 e. The fourth-order valence-electron chi connectivity index (χ4n) is 7.19. The van der Waals surface area contributed by atoms with Gasteiger partial charge in [0.1, 0.15) is 0 Å². The van der Waals surface area contributed by atoms with Crippen molar-refractivity contribution in [3.63, 3.8) is 0 Å². The van der Waals surface area contributed by atoms with Crippen molar-refractivity contribution in [3.05, 3.63) is 179 Å². The lowest BCUT2D eigenvalue weighted by Crippen LogP contribution is -2.69. The summed E-state index contributed by atoms with van der Waals surface area (Å²) in [5.41, 5.74) is 7.98. The highest BCUT2D eigenvalue weighted by atomic mass is 32.2. The molecule has 1 N–H and O–H groups in total. The van der Waals surface area contributed by atoms with Crippen LogP contribution in [0.4, 0.5) is 0 Å². The maximum atomic E-state index is 13.7. The molecule has 3 aliphatic rings. The van der Waals surface area contributed by atoms with Crippen molar-refractivity contribution in [2.75, 3.05) is 0 Å². The van der Waals surface area contributed by atoms with Gasteiger partial charge in [0.05, 0.1) is 0 Å². The largest absolute Gasteiger partial charge is 0.421 e. The first kappa shape index (κ1) is 32.2. The summed E-state index contributed by atoms with van der Waals surface area (Å²) in [4.78, 5) is 13.7. The highest BCUT2D eigenvalue weighted by Gasteiger charge is 2.43. The van der Waals surface area contributed by atoms with Crippen LogP contribution >= 0.6 is 43.2 Å². The summed E-state index contributed by atoms with van der Waals surface area (Å²) in [7, 11) is -4.22. The van der Waals surface area contributed by atoms with Crippen molar-refractivity contribution < 1.29 is 4.80 Å². The number of hydrogen-bond acceptors (Lipinski definition) is 4. The van der Waals surface area contributed by atoms with Gasteiger partial charge in [0, 0.05) is 34.5 Å². The van der Waals surface area contributed by atoms with Crippen molar-refractivity contribution in [3.8, 4) is 0 Å². The minimum atomic E-state index is -3.43. The zero-order chi connectivity index (χ0) is 32.3. The first-order valence-corrected chi connectivity index (χ1v) is 23.2. The van der Waals surface area contributed by atoms with Crippen molar-refractivity contribution in [2.45, 2.75) is 34.5 Å². The maximum Gasteiger partial charge on any atom is 0.286 e. The molecule has 0 amide bonds. The Morgan fingerprint density at radius 2 is 0.604 bits per heavy atom. The molecule has 0 aromatic heterocycles. The van der Waals surface area contributed by atoms with Crippen LogP contribution in [-0.4, -0.2) is 13.1 Å². The third-order valence-electron chi connectivity index (χ3n) is 9.46. The minimum absolute atomic E-state index is 0.790. The fourth-order valence-corrected chi connectivity index (χ4v) is 17.6. The van der Waals surface area contributed by atoms with E-state index in [0.717, 1.165) is 50.1 Å². The molecule has 9 rings (SSSR count). The summed E-state index contributed by atoms with van der Waals surface area (Å²) >= 11 is 5.91. The zero-order valence-corrected chi connectivity index (χ0v) is 31.1. The number of hydrogen-bond donors (Lipinski definition) is 1. The third-order valence-corrected chi connectivity index (χ3v) is 19.1. The standard InChI is InChI=1S/C42H37OPS3Si/c43-48-40-22-10-4-16-34(40)28-45-25-31-13-1-7-19-37(31)44(38-20-8-2-14-32(38)26-46-29-35-17-5-11-23-41(35)48)39-21-9-3-15-33(39)27-47-30-36-18-6-12-24-42(36)48/h1-24,43H,25-30H2. The van der Waals surface area contributed by atoms with E-state index in [1.54, 1.807) is 0 Å². The number of fused-ring (bicyclic) bond motifs is 6. The van der Waals surface area contributed by atoms with Crippen LogP contribution in [0.2, 0.25) is 0 Å². The average molecular weight is 713 g/mol. The van der Waals surface area contributed by atoms with E-state index < -0.39 is 16.2 Å². The molecule has 0 radical (unpaired) electrons. The van der Waals surface area contributed by atoms with Gasteiger partial charge < -0.3 is 4.80 Å². The van der Waals surface area contributed by atoms with Gasteiger partial charge in [-0.3, -0.25) is 0 Å². The first-order chi connectivity index (χ1) is 23.7. The normalized spacial score (nSPS) is 19.3. The van der Waals surface area contributed by atoms with Gasteiger partial charge in [-0.1, -0.05) is 146 Å². The molecule has 238 valence electrons. The Morgan fingerprint density at radius 3 is 0.938 bits per heavy atom. The summed E-state index contributed by atoms with van der Waals surface area (Å²) in [5, 5.41) is 7.75. The van der Waals surface area contributed by atoms with Crippen molar-refractivity contribution in [2.24, 2.45) is 0 Å². The van der Waals surface area contributed by atoms with Gasteiger partial charge >= 0.3 is 0 Å². The molecule has 0 spiro atoms. The topological polar surface area (TPSA) is 20.2 Å². The molecule has 0 saturated carbocycles. The van der Waals surface area contributed by atoms with E-state index in [1.807, 2.05) is 35.3 Å². The van der Waals surface area contributed by atoms with Crippen LogP contribution in [0.5, 0.6) is 0 Å². The lowest BCUT2D eigenvalue weighted by Gasteiger charge is -2.33. The van der Waals surface area contributed by atoms with Gasteiger partial charge in [0.2, 0.25) is 0 Å². The Morgan fingerprint density at radius 1 is 0.354 bits per heavy atom. The van der Waals surface area contributed by atoms with E-state index in [4.69, 9.17) is 0 Å². The molecule has 6 heteroatoms. The average Bonchev–Trinajstić information content (AvgIpc) is 3.13. The molecule has 0 atom stereocenters. The molecule has 0 fully saturated rings. The monoisotopic (exact) mass is 712 g/mol. The summed E-state index contributed by atoms with van der Waals surface area (Å²) in [6, 6.07) is 53.8. The van der Waals surface area contributed by atoms with E-state index in [1.165, 1.54) is 49.3 Å². The summed E-state index contributed by atoms with van der Waals surface area (Å²) < 4.78 is 0. The quantitative estimate of drug-likeness (QED) is 0.132.